The van der Waals surface area contributed by atoms with E-state index < -0.39 is 17.9 Å². The van der Waals surface area contributed by atoms with Gasteiger partial charge in [0, 0.05) is 27.8 Å². The van der Waals surface area contributed by atoms with Crippen LogP contribution >= 0.6 is 11.6 Å². The second-order valence-electron chi connectivity index (χ2n) is 29.9. The lowest BCUT2D eigenvalue weighted by molar-refractivity contribution is 0.426. The van der Waals surface area contributed by atoms with Crippen LogP contribution in [0.2, 0.25) is 5.28 Å². The lowest BCUT2D eigenvalue weighted by Gasteiger charge is -2.34. The molecule has 2 N–H and O–H groups in total. The van der Waals surface area contributed by atoms with Gasteiger partial charge in [-0.1, -0.05) is 394 Å². The minimum atomic E-state index is -1.51. The minimum absolute atomic E-state index is 0.185. The molecule has 2 aromatic heterocycles. The summed E-state index contributed by atoms with van der Waals surface area (Å²) in [5.74, 6) is 3.06. The van der Waals surface area contributed by atoms with E-state index in [2.05, 4.69) is 350 Å². The number of fused-ring (bicyclic) bond motifs is 10. The summed E-state index contributed by atoms with van der Waals surface area (Å²) in [6, 6.07) is 149. The van der Waals surface area contributed by atoms with Crippen molar-refractivity contribution in [3.8, 4) is 101 Å². The molecule has 0 unspecified atom stereocenters. The van der Waals surface area contributed by atoms with Crippen molar-refractivity contribution in [3.63, 3.8) is 0 Å². The highest BCUT2D eigenvalue weighted by Gasteiger charge is 2.48. The lowest BCUT2D eigenvalue weighted by atomic mass is 9.67. The summed E-state index contributed by atoms with van der Waals surface area (Å²) in [4.78, 5) is 29.2. The number of aromatic nitrogens is 6. The average molecular weight is 1530 g/mol. The fourth-order valence-electron chi connectivity index (χ4n) is 17.8. The van der Waals surface area contributed by atoms with Gasteiger partial charge in [0.05, 0.1) is 10.8 Å². The molecule has 0 radical (unpaired) electrons. The Bertz CT molecular complexity index is 7060. The Morgan fingerprint density at radius 2 is 0.492 bits per heavy atom. The van der Waals surface area contributed by atoms with E-state index in [9.17, 15) is 10.0 Å². The van der Waals surface area contributed by atoms with Gasteiger partial charge in [-0.3, -0.25) is 0 Å². The highest BCUT2D eigenvalue weighted by molar-refractivity contribution is 6.58. The average Bonchev–Trinajstić information content (AvgIpc) is 1.53. The molecule has 10 heteroatoms. The summed E-state index contributed by atoms with van der Waals surface area (Å²) in [6.07, 6.45) is 0. The number of halogens is 1. The first-order chi connectivity index (χ1) is 58.2. The van der Waals surface area contributed by atoms with Gasteiger partial charge in [-0.05, 0) is 180 Å². The SMILES string of the molecule is Clc1nc(-c2ccc(-c3ccccc3)cc2)nc(-c2cccc3ccccc23)n1.OB(O)c1ccc2c(c1)-c1cc3ccccc3cc1C2(c1ccccc1)c1ccccc1.c1ccc(-c2ccc(-c3nc(-c4ccc5c(c4)-c4cc6ccccc6cc4C5(c4ccccc4)c4ccccc4)nc(-c4cccc5ccccc45)n3)cc2)cc1. The van der Waals surface area contributed by atoms with Crippen molar-refractivity contribution in [3.05, 3.63) is 474 Å². The molecule has 0 amide bonds. The zero-order chi connectivity index (χ0) is 79.1. The maximum absolute atomic E-state index is 9.89. The number of rotatable bonds is 12. The fourth-order valence-corrected chi connectivity index (χ4v) is 17.9. The van der Waals surface area contributed by atoms with Crippen molar-refractivity contribution in [2.24, 2.45) is 0 Å². The topological polar surface area (TPSA) is 118 Å². The second-order valence-corrected chi connectivity index (χ2v) is 30.2. The van der Waals surface area contributed by atoms with Crippen LogP contribution in [0.4, 0.5) is 0 Å². The summed E-state index contributed by atoms with van der Waals surface area (Å²) in [7, 11) is -1.51. The molecule has 0 aliphatic heterocycles. The Hall–Kier alpha value is -14.7. The molecule has 0 bridgehead atoms. The highest BCUT2D eigenvalue weighted by Crippen LogP contribution is 2.59. The predicted molar refractivity (Wildman–Crippen MR) is 484 cm³/mol. The number of hydrogen-bond acceptors (Lipinski definition) is 8. The molecule has 0 spiro atoms. The van der Waals surface area contributed by atoms with Gasteiger partial charge < -0.3 is 10.0 Å². The van der Waals surface area contributed by atoms with Crippen molar-refractivity contribution in [2.75, 3.05) is 0 Å². The Balaban J connectivity index is 0.000000124. The minimum Gasteiger partial charge on any atom is -0.423 e. The maximum atomic E-state index is 9.89. The lowest BCUT2D eigenvalue weighted by Crippen LogP contribution is -2.31. The van der Waals surface area contributed by atoms with E-state index in [0.29, 0.717) is 34.6 Å². The van der Waals surface area contributed by atoms with Gasteiger partial charge in [-0.25, -0.2) is 19.9 Å². The smallest absolute Gasteiger partial charge is 0.423 e. The first-order valence-corrected chi connectivity index (χ1v) is 40.0. The molecule has 556 valence electrons. The van der Waals surface area contributed by atoms with Gasteiger partial charge >= 0.3 is 7.12 Å². The van der Waals surface area contributed by atoms with Gasteiger partial charge in [0.15, 0.2) is 29.1 Å². The summed E-state index contributed by atoms with van der Waals surface area (Å²) >= 11 is 6.27. The van der Waals surface area contributed by atoms with Gasteiger partial charge in [0.2, 0.25) is 5.28 Å². The van der Waals surface area contributed by atoms with Crippen LogP contribution in [0, 0.1) is 0 Å². The van der Waals surface area contributed by atoms with Crippen molar-refractivity contribution in [1.82, 2.24) is 29.9 Å². The standard InChI is InChI=1S/C54H35N3.C29H21BO2.C25H16ClN3/c1-4-15-36(16-5-1)37-27-29-39(30-28-37)51-55-52(57-53(56-51)46-26-14-20-38-17-12-13-25-45(38)46)42-31-32-49-47(34-42)48-33-40-18-10-11-19-41(40)35-50(48)54(49,43-21-6-2-7-22-43)44-23-8-3-9-24-44;31-30(32)24-15-16-27-26(19-24)25-17-20-9-7-8-10-21(20)18-28(25)29(27,22-11-3-1-4-12-22)23-13-5-2-6-14-23;26-25-28-23(20-15-13-18(14-16-20)17-7-2-1-3-8-17)27-24(29-25)22-12-6-10-19-9-4-5-11-21(19)22/h1-35H;1-19,31-32H;1-16H. The molecule has 2 aliphatic rings. The van der Waals surface area contributed by atoms with Gasteiger partial charge in [0.25, 0.3) is 0 Å². The number of benzene rings is 18. The molecule has 8 nitrogen and oxygen atoms in total. The molecule has 22 rings (SSSR count). The van der Waals surface area contributed by atoms with Crippen molar-refractivity contribution in [2.45, 2.75) is 10.8 Å². The Labute approximate surface area is 689 Å². The predicted octanol–water partition coefficient (Wildman–Crippen LogP) is 24.8. The van der Waals surface area contributed by atoms with Gasteiger partial charge in [-0.2, -0.15) is 9.97 Å². The van der Waals surface area contributed by atoms with Gasteiger partial charge in [0.1, 0.15) is 0 Å². The van der Waals surface area contributed by atoms with Crippen molar-refractivity contribution >= 4 is 67.3 Å². The van der Waals surface area contributed by atoms with Crippen LogP contribution in [0.3, 0.4) is 0 Å². The third kappa shape index (κ3) is 13.1. The van der Waals surface area contributed by atoms with Crippen LogP contribution in [0.1, 0.15) is 44.5 Å². The Morgan fingerprint density at radius 1 is 0.203 bits per heavy atom. The molecule has 2 aliphatic carbocycles. The zero-order valence-electron chi connectivity index (χ0n) is 63.9. The van der Waals surface area contributed by atoms with Crippen LogP contribution < -0.4 is 5.46 Å². The first kappa shape index (κ1) is 72.3. The van der Waals surface area contributed by atoms with Crippen LogP contribution in [-0.4, -0.2) is 47.1 Å². The van der Waals surface area contributed by atoms with Crippen LogP contribution in [0.5, 0.6) is 0 Å². The normalized spacial score (nSPS) is 12.5. The summed E-state index contributed by atoms with van der Waals surface area (Å²) in [5, 5.41) is 29.2. The first-order valence-electron chi connectivity index (χ1n) is 39.6. The van der Waals surface area contributed by atoms with E-state index in [4.69, 9.17) is 31.5 Å². The van der Waals surface area contributed by atoms with E-state index in [1.807, 2.05) is 84.9 Å². The maximum Gasteiger partial charge on any atom is 0.488 e. The van der Waals surface area contributed by atoms with E-state index in [-0.39, 0.29) is 5.28 Å². The van der Waals surface area contributed by atoms with Crippen LogP contribution in [0.15, 0.2) is 425 Å². The number of nitrogens with zero attached hydrogens (tertiary/aromatic N) is 6. The molecule has 2 heterocycles. The van der Waals surface area contributed by atoms with Crippen LogP contribution in [-0.2, 0) is 10.8 Å². The molecular weight excluding hydrogens is 1460 g/mol. The second kappa shape index (κ2) is 30.9. The molecule has 0 atom stereocenters. The van der Waals surface area contributed by atoms with E-state index in [1.165, 1.54) is 82.7 Å². The molecule has 118 heavy (non-hydrogen) atoms. The summed E-state index contributed by atoms with van der Waals surface area (Å²) in [5.41, 5.74) is 23.1. The van der Waals surface area contributed by atoms with E-state index in [0.717, 1.165) is 77.2 Å². The quantitative estimate of drug-likeness (QED) is 0.116. The fraction of sp³-hybridized carbons (Fsp3) is 0.0185. The van der Waals surface area contributed by atoms with Crippen molar-refractivity contribution in [1.29, 1.82) is 0 Å². The molecule has 20 aromatic rings. The van der Waals surface area contributed by atoms with E-state index >= 15 is 0 Å². The van der Waals surface area contributed by atoms with Crippen LogP contribution in [0.25, 0.3) is 145 Å². The molecule has 18 aromatic carbocycles. The monoisotopic (exact) mass is 1530 g/mol. The zero-order valence-corrected chi connectivity index (χ0v) is 64.7. The Kier molecular flexibility index (Phi) is 18.9. The van der Waals surface area contributed by atoms with Gasteiger partial charge in [-0.15, -0.1) is 0 Å². The Morgan fingerprint density at radius 3 is 0.915 bits per heavy atom. The molecule has 0 fully saturated rings. The molecule has 0 saturated heterocycles. The third-order valence-electron chi connectivity index (χ3n) is 23.2. The number of hydrogen-bond donors (Lipinski definition) is 2. The van der Waals surface area contributed by atoms with E-state index in [1.54, 1.807) is 0 Å². The third-order valence-corrected chi connectivity index (χ3v) is 23.4. The van der Waals surface area contributed by atoms with Crippen molar-refractivity contribution < 1.29 is 10.0 Å². The summed E-state index contributed by atoms with van der Waals surface area (Å²) in [6.45, 7) is 0. The summed E-state index contributed by atoms with van der Waals surface area (Å²) < 4.78 is 0. The highest BCUT2D eigenvalue weighted by atomic mass is 35.5. The molecule has 0 saturated carbocycles. The largest absolute Gasteiger partial charge is 0.488 e. The molecular formula is C108H72BClN6O2.